The predicted octanol–water partition coefficient (Wildman–Crippen LogP) is 3.84. The normalized spacial score (nSPS) is 12.5. The maximum absolute atomic E-state index is 13.5. The van der Waals surface area contributed by atoms with Gasteiger partial charge in [0.2, 0.25) is 0 Å². The third kappa shape index (κ3) is 4.73. The Morgan fingerprint density at radius 2 is 2.06 bits per heavy atom. The minimum Gasteiger partial charge on any atom is -0.493 e. The van der Waals surface area contributed by atoms with E-state index in [1.807, 2.05) is 0 Å². The van der Waals surface area contributed by atoms with Crippen molar-refractivity contribution in [3.8, 4) is 5.75 Å². The Morgan fingerprint density at radius 3 is 2.65 bits per heavy atom. The third-order valence-corrected chi connectivity index (χ3v) is 2.69. The van der Waals surface area contributed by atoms with Crippen molar-refractivity contribution in [2.75, 3.05) is 6.61 Å². The Hall–Kier alpha value is -1.09. The summed E-state index contributed by atoms with van der Waals surface area (Å²) in [6, 6.07) is 4.61. The van der Waals surface area contributed by atoms with E-state index in [0.29, 0.717) is 17.9 Å². The van der Waals surface area contributed by atoms with E-state index in [0.717, 1.165) is 12.8 Å². The molecule has 2 nitrogen and oxygen atoms in total. The van der Waals surface area contributed by atoms with Gasteiger partial charge >= 0.3 is 0 Å². The number of unbranched alkanes of at least 4 members (excludes halogenated alkanes) is 3. The van der Waals surface area contributed by atoms with Crippen LogP contribution in [-0.2, 0) is 0 Å². The highest BCUT2D eigenvalue weighted by molar-refractivity contribution is 5.29. The zero-order chi connectivity index (χ0) is 12.7. The molecular formula is C14H21FO2. The fourth-order valence-electron chi connectivity index (χ4n) is 1.66. The van der Waals surface area contributed by atoms with Gasteiger partial charge in [0.15, 0.2) is 0 Å². The van der Waals surface area contributed by atoms with Gasteiger partial charge in [-0.25, -0.2) is 4.39 Å². The highest BCUT2D eigenvalue weighted by Gasteiger charge is 2.08. The van der Waals surface area contributed by atoms with E-state index in [9.17, 15) is 9.50 Å². The minimum absolute atomic E-state index is 0.309. The van der Waals surface area contributed by atoms with Gasteiger partial charge < -0.3 is 9.84 Å². The number of ether oxygens (including phenoxy) is 1. The smallest absolute Gasteiger partial charge is 0.132 e. The van der Waals surface area contributed by atoms with Crippen molar-refractivity contribution in [1.82, 2.24) is 0 Å². The third-order valence-electron chi connectivity index (χ3n) is 2.69. The molecule has 0 aliphatic carbocycles. The van der Waals surface area contributed by atoms with Gasteiger partial charge in [-0.1, -0.05) is 26.2 Å². The van der Waals surface area contributed by atoms with Crippen LogP contribution in [0.3, 0.4) is 0 Å². The molecule has 0 heterocycles. The molecule has 0 saturated heterocycles. The second-order valence-electron chi connectivity index (χ2n) is 4.27. The van der Waals surface area contributed by atoms with Crippen LogP contribution >= 0.6 is 0 Å². The molecular weight excluding hydrogens is 219 g/mol. The molecule has 0 radical (unpaired) electrons. The Morgan fingerprint density at radius 1 is 1.29 bits per heavy atom. The van der Waals surface area contributed by atoms with Gasteiger partial charge in [-0.05, 0) is 25.5 Å². The van der Waals surface area contributed by atoms with Crippen LogP contribution in [0.5, 0.6) is 5.75 Å². The molecule has 0 spiro atoms. The number of rotatable bonds is 7. The second-order valence-corrected chi connectivity index (χ2v) is 4.27. The van der Waals surface area contributed by atoms with Gasteiger partial charge in [-0.2, -0.15) is 0 Å². The monoisotopic (exact) mass is 240 g/mol. The zero-order valence-electron chi connectivity index (χ0n) is 10.6. The molecule has 17 heavy (non-hydrogen) atoms. The van der Waals surface area contributed by atoms with Crippen LogP contribution in [0.4, 0.5) is 4.39 Å². The summed E-state index contributed by atoms with van der Waals surface area (Å²) in [6.45, 7) is 4.32. The fraction of sp³-hybridized carbons (Fsp3) is 0.571. The lowest BCUT2D eigenvalue weighted by Crippen LogP contribution is -2.00. The SMILES string of the molecule is CCCCCCOc1ccc([C@@H](C)O)c(F)c1. The maximum atomic E-state index is 13.5. The summed E-state index contributed by atoms with van der Waals surface area (Å²) < 4.78 is 18.9. The van der Waals surface area contributed by atoms with Crippen molar-refractivity contribution in [3.63, 3.8) is 0 Å². The second kappa shape index (κ2) is 7.28. The average molecular weight is 240 g/mol. The summed E-state index contributed by atoms with van der Waals surface area (Å²) in [5.74, 6) is 0.120. The van der Waals surface area contributed by atoms with Crippen molar-refractivity contribution in [1.29, 1.82) is 0 Å². The molecule has 1 N–H and O–H groups in total. The molecule has 1 atom stereocenters. The highest BCUT2D eigenvalue weighted by Crippen LogP contribution is 2.21. The standard InChI is InChI=1S/C14H21FO2/c1-3-4-5-6-9-17-12-7-8-13(11(2)16)14(15)10-12/h7-8,10-11,16H,3-6,9H2,1-2H3/t11-/m1/s1. The highest BCUT2D eigenvalue weighted by atomic mass is 19.1. The van der Waals surface area contributed by atoms with E-state index in [4.69, 9.17) is 4.74 Å². The van der Waals surface area contributed by atoms with Crippen LogP contribution in [0.2, 0.25) is 0 Å². The van der Waals surface area contributed by atoms with Crippen molar-refractivity contribution >= 4 is 0 Å². The van der Waals surface area contributed by atoms with E-state index in [1.165, 1.54) is 18.9 Å². The van der Waals surface area contributed by atoms with Crippen LogP contribution in [0, 0.1) is 5.82 Å². The van der Waals surface area contributed by atoms with Crippen LogP contribution in [0.15, 0.2) is 18.2 Å². The van der Waals surface area contributed by atoms with Crippen molar-refractivity contribution < 1.29 is 14.2 Å². The molecule has 3 heteroatoms. The first kappa shape index (κ1) is 14.0. The summed E-state index contributed by atoms with van der Waals surface area (Å²) in [5.41, 5.74) is 0.309. The number of halogens is 1. The quantitative estimate of drug-likeness (QED) is 0.734. The number of aliphatic hydroxyl groups is 1. The lowest BCUT2D eigenvalue weighted by molar-refractivity contribution is 0.194. The summed E-state index contributed by atoms with van der Waals surface area (Å²) in [6.07, 6.45) is 3.75. The first-order valence-corrected chi connectivity index (χ1v) is 6.25. The van der Waals surface area contributed by atoms with Crippen molar-refractivity contribution in [2.45, 2.75) is 45.6 Å². The molecule has 0 unspecified atom stereocenters. The molecule has 0 bridgehead atoms. The molecule has 96 valence electrons. The molecule has 1 rings (SSSR count). The van der Waals surface area contributed by atoms with E-state index < -0.39 is 11.9 Å². The van der Waals surface area contributed by atoms with Crippen LogP contribution < -0.4 is 4.74 Å². The van der Waals surface area contributed by atoms with Crippen LogP contribution in [0.1, 0.15) is 51.2 Å². The maximum Gasteiger partial charge on any atom is 0.132 e. The van der Waals surface area contributed by atoms with Crippen LogP contribution in [0.25, 0.3) is 0 Å². The number of hydrogen-bond acceptors (Lipinski definition) is 2. The molecule has 0 fully saturated rings. The van der Waals surface area contributed by atoms with Gasteiger partial charge in [0.1, 0.15) is 11.6 Å². The van der Waals surface area contributed by atoms with Gasteiger partial charge in [-0.3, -0.25) is 0 Å². The van der Waals surface area contributed by atoms with Crippen molar-refractivity contribution in [2.24, 2.45) is 0 Å². The number of hydrogen-bond donors (Lipinski definition) is 1. The Bertz CT molecular complexity index is 337. The Labute approximate surface area is 102 Å². The minimum atomic E-state index is -0.784. The summed E-state index contributed by atoms with van der Waals surface area (Å²) in [4.78, 5) is 0. The summed E-state index contributed by atoms with van der Waals surface area (Å²) >= 11 is 0. The van der Waals surface area contributed by atoms with Crippen molar-refractivity contribution in [3.05, 3.63) is 29.6 Å². The molecule has 0 saturated carbocycles. The number of benzene rings is 1. The van der Waals surface area contributed by atoms with E-state index >= 15 is 0 Å². The zero-order valence-corrected chi connectivity index (χ0v) is 10.6. The fourth-order valence-corrected chi connectivity index (χ4v) is 1.66. The largest absolute Gasteiger partial charge is 0.493 e. The van der Waals surface area contributed by atoms with Gasteiger partial charge in [0.25, 0.3) is 0 Å². The first-order chi connectivity index (χ1) is 8.15. The predicted molar refractivity (Wildman–Crippen MR) is 66.7 cm³/mol. The lowest BCUT2D eigenvalue weighted by atomic mass is 10.1. The summed E-state index contributed by atoms with van der Waals surface area (Å²) in [5, 5.41) is 9.29. The molecule has 0 aromatic heterocycles. The molecule has 1 aromatic carbocycles. The van der Waals surface area contributed by atoms with E-state index in [-0.39, 0.29) is 0 Å². The number of aliphatic hydroxyl groups excluding tert-OH is 1. The molecule has 0 aliphatic rings. The van der Waals surface area contributed by atoms with Gasteiger partial charge in [-0.15, -0.1) is 0 Å². The average Bonchev–Trinajstić information content (AvgIpc) is 2.28. The topological polar surface area (TPSA) is 29.5 Å². The molecule has 0 amide bonds. The molecule has 1 aromatic rings. The first-order valence-electron chi connectivity index (χ1n) is 6.25. The van der Waals surface area contributed by atoms with E-state index in [2.05, 4.69) is 6.92 Å². The van der Waals surface area contributed by atoms with Gasteiger partial charge in [0, 0.05) is 11.6 Å². The summed E-state index contributed by atoms with van der Waals surface area (Å²) in [7, 11) is 0. The van der Waals surface area contributed by atoms with Crippen LogP contribution in [-0.4, -0.2) is 11.7 Å². The van der Waals surface area contributed by atoms with E-state index in [1.54, 1.807) is 19.1 Å². The molecule has 0 aliphatic heterocycles. The Balaban J connectivity index is 2.42. The lowest BCUT2D eigenvalue weighted by Gasteiger charge is -2.09. The van der Waals surface area contributed by atoms with Gasteiger partial charge in [0.05, 0.1) is 12.7 Å². The Kier molecular flexibility index (Phi) is 5.98.